The molecule has 106 valence electrons. The van der Waals surface area contributed by atoms with Gasteiger partial charge in [0.2, 0.25) is 0 Å². The molecule has 0 aliphatic heterocycles. The Morgan fingerprint density at radius 1 is 1.42 bits per heavy atom. The molecule has 19 heavy (non-hydrogen) atoms. The van der Waals surface area contributed by atoms with Gasteiger partial charge in [0.1, 0.15) is 29.6 Å². The summed E-state index contributed by atoms with van der Waals surface area (Å²) in [7, 11) is 0. The zero-order valence-electron chi connectivity index (χ0n) is 10.7. The van der Waals surface area contributed by atoms with E-state index < -0.39 is 12.2 Å². The van der Waals surface area contributed by atoms with E-state index in [2.05, 4.69) is 5.32 Å². The molecule has 2 N–H and O–H groups in total. The number of aliphatic hydroxyl groups excluding tert-OH is 1. The molecule has 1 aromatic carbocycles. The molecule has 0 saturated carbocycles. The maximum atomic E-state index is 11.4. The molecule has 0 bridgehead atoms. The van der Waals surface area contributed by atoms with Gasteiger partial charge in [0.25, 0.3) is 0 Å². The summed E-state index contributed by atoms with van der Waals surface area (Å²) >= 11 is 1.79. The van der Waals surface area contributed by atoms with Crippen molar-refractivity contribution in [2.24, 2.45) is 0 Å². The van der Waals surface area contributed by atoms with E-state index in [1.165, 1.54) is 0 Å². The van der Waals surface area contributed by atoms with Crippen LogP contribution in [-0.2, 0) is 14.4 Å². The third kappa shape index (κ3) is 7.34. The number of aliphatic hydroxyl groups is 1. The highest BCUT2D eigenvalue weighted by Crippen LogP contribution is 2.05. The van der Waals surface area contributed by atoms with E-state index in [9.17, 15) is 9.90 Å². The minimum Gasteiger partial charge on any atom is -0.445 e. The van der Waals surface area contributed by atoms with Gasteiger partial charge in [-0.2, -0.15) is 0 Å². The Hall–Kier alpha value is -0.860. The summed E-state index contributed by atoms with van der Waals surface area (Å²) in [6.07, 6.45) is -0.778. The van der Waals surface area contributed by atoms with E-state index in [0.717, 1.165) is 5.56 Å². The second kappa shape index (κ2) is 9.11. The third-order valence-corrected chi connectivity index (χ3v) is 3.32. The quantitative estimate of drug-likeness (QED) is 0.715. The van der Waals surface area contributed by atoms with Gasteiger partial charge in [-0.05, 0) is 12.5 Å². The number of carbonyl (C=O) groups is 1. The lowest BCUT2D eigenvalue weighted by Crippen LogP contribution is -2.34. The van der Waals surface area contributed by atoms with E-state index in [0.29, 0.717) is 6.42 Å². The van der Waals surface area contributed by atoms with Crippen LogP contribution < -0.4 is 5.32 Å². The summed E-state index contributed by atoms with van der Waals surface area (Å²) in [5, 5.41) is 12.1. The minimum atomic E-state index is -0.644. The first kappa shape index (κ1) is 16.2. The highest BCUT2D eigenvalue weighted by molar-refractivity contribution is 14.1. The van der Waals surface area contributed by atoms with Crippen LogP contribution in [0.2, 0.25) is 0 Å². The van der Waals surface area contributed by atoms with Crippen LogP contribution in [0.4, 0.5) is 4.79 Å². The van der Waals surface area contributed by atoms with Crippen molar-refractivity contribution in [2.75, 3.05) is 6.54 Å². The summed E-state index contributed by atoms with van der Waals surface area (Å²) in [4.78, 5) is 11.4. The van der Waals surface area contributed by atoms with Gasteiger partial charge >= 0.3 is 6.09 Å². The number of amides is 1. The SMILES string of the molecule is CC(CC(O)CNC(=O)OCc1ccccc1)OI. The Labute approximate surface area is 127 Å². The van der Waals surface area contributed by atoms with Crippen LogP contribution in [0.15, 0.2) is 30.3 Å². The molecule has 6 heteroatoms. The first-order valence-corrected chi connectivity index (χ1v) is 6.90. The first-order valence-electron chi connectivity index (χ1n) is 6.02. The largest absolute Gasteiger partial charge is 0.445 e. The highest BCUT2D eigenvalue weighted by atomic mass is 127. The highest BCUT2D eigenvalue weighted by Gasteiger charge is 2.12. The monoisotopic (exact) mass is 379 g/mol. The summed E-state index contributed by atoms with van der Waals surface area (Å²) in [5.41, 5.74) is 0.921. The molecular weight excluding hydrogens is 361 g/mol. The van der Waals surface area contributed by atoms with Crippen molar-refractivity contribution in [3.63, 3.8) is 0 Å². The number of rotatable bonds is 7. The fourth-order valence-corrected chi connectivity index (χ4v) is 1.69. The van der Waals surface area contributed by atoms with Gasteiger partial charge in [0.15, 0.2) is 0 Å². The number of carbonyl (C=O) groups excluding carboxylic acids is 1. The lowest BCUT2D eigenvalue weighted by atomic mass is 10.2. The molecule has 0 radical (unpaired) electrons. The normalized spacial score (nSPS) is 13.6. The van der Waals surface area contributed by atoms with Crippen LogP contribution in [0, 0.1) is 0 Å². The van der Waals surface area contributed by atoms with E-state index in [1.54, 1.807) is 23.0 Å². The van der Waals surface area contributed by atoms with Crippen molar-refractivity contribution in [2.45, 2.75) is 32.2 Å². The number of ether oxygens (including phenoxy) is 1. The summed E-state index contributed by atoms with van der Waals surface area (Å²) < 4.78 is 10.0. The number of hydrogen-bond acceptors (Lipinski definition) is 4. The smallest absolute Gasteiger partial charge is 0.407 e. The average Bonchev–Trinajstić information content (AvgIpc) is 2.43. The second-order valence-corrected chi connectivity index (χ2v) is 4.74. The Morgan fingerprint density at radius 2 is 2.11 bits per heavy atom. The predicted octanol–water partition coefficient (Wildman–Crippen LogP) is 2.42. The number of halogens is 1. The number of alkyl carbamates (subject to hydrolysis) is 1. The van der Waals surface area contributed by atoms with E-state index in [4.69, 9.17) is 7.80 Å². The van der Waals surface area contributed by atoms with Crippen LogP contribution in [0.1, 0.15) is 18.9 Å². The summed E-state index contributed by atoms with van der Waals surface area (Å²) in [6, 6.07) is 9.41. The van der Waals surface area contributed by atoms with Gasteiger partial charge < -0.3 is 18.2 Å². The van der Waals surface area contributed by atoms with Gasteiger partial charge in [-0.15, -0.1) is 0 Å². The maximum Gasteiger partial charge on any atom is 0.407 e. The van der Waals surface area contributed by atoms with Gasteiger partial charge in [0.05, 0.1) is 12.2 Å². The average molecular weight is 379 g/mol. The van der Waals surface area contributed by atoms with Crippen LogP contribution in [-0.4, -0.2) is 30.0 Å². The van der Waals surface area contributed by atoms with Crippen molar-refractivity contribution < 1.29 is 17.7 Å². The molecule has 1 rings (SSSR count). The number of nitrogens with one attached hydrogen (secondary N) is 1. The van der Waals surface area contributed by atoms with Crippen LogP contribution in [0.3, 0.4) is 0 Å². The summed E-state index contributed by atoms with van der Waals surface area (Å²) in [6.45, 7) is 2.22. The molecule has 5 nitrogen and oxygen atoms in total. The molecule has 0 heterocycles. The molecule has 2 atom stereocenters. The third-order valence-electron chi connectivity index (χ3n) is 2.45. The lowest BCUT2D eigenvalue weighted by molar-refractivity contribution is 0.106. The van der Waals surface area contributed by atoms with Crippen molar-refractivity contribution in [1.82, 2.24) is 5.32 Å². The molecule has 0 aliphatic rings. The van der Waals surface area contributed by atoms with Crippen LogP contribution in [0.25, 0.3) is 0 Å². The maximum absolute atomic E-state index is 11.4. The van der Waals surface area contributed by atoms with E-state index in [-0.39, 0.29) is 19.3 Å². The molecule has 0 aliphatic carbocycles. The molecular formula is C13H18INO4. The standard InChI is InChI=1S/C13H18INO4/c1-10(19-14)7-12(16)8-15-13(17)18-9-11-5-3-2-4-6-11/h2-6,10,12,16H,7-9H2,1H3,(H,15,17). The zero-order valence-corrected chi connectivity index (χ0v) is 12.9. The fraction of sp³-hybridized carbons (Fsp3) is 0.462. The predicted molar refractivity (Wildman–Crippen MR) is 79.8 cm³/mol. The Morgan fingerprint density at radius 3 is 2.74 bits per heavy atom. The van der Waals surface area contributed by atoms with Crippen molar-refractivity contribution in [3.05, 3.63) is 35.9 Å². The second-order valence-electron chi connectivity index (χ2n) is 4.23. The van der Waals surface area contributed by atoms with Gasteiger partial charge in [-0.25, -0.2) is 4.79 Å². The lowest BCUT2D eigenvalue weighted by Gasteiger charge is -2.14. The molecule has 0 saturated heterocycles. The minimum absolute atomic E-state index is 0.0576. The van der Waals surface area contributed by atoms with Gasteiger partial charge in [0, 0.05) is 13.0 Å². The van der Waals surface area contributed by atoms with E-state index in [1.807, 2.05) is 37.3 Å². The van der Waals surface area contributed by atoms with Crippen molar-refractivity contribution >= 4 is 29.1 Å². The Bertz CT molecular complexity index is 374. The Balaban J connectivity index is 2.17. The number of benzene rings is 1. The van der Waals surface area contributed by atoms with Crippen LogP contribution in [0.5, 0.6) is 0 Å². The van der Waals surface area contributed by atoms with Gasteiger partial charge in [-0.1, -0.05) is 30.3 Å². The number of hydrogen-bond donors (Lipinski definition) is 2. The van der Waals surface area contributed by atoms with Crippen molar-refractivity contribution in [1.29, 1.82) is 0 Å². The van der Waals surface area contributed by atoms with E-state index >= 15 is 0 Å². The zero-order chi connectivity index (χ0) is 14.1. The van der Waals surface area contributed by atoms with Gasteiger partial charge in [-0.3, -0.25) is 0 Å². The Kier molecular flexibility index (Phi) is 7.76. The van der Waals surface area contributed by atoms with Crippen molar-refractivity contribution in [3.8, 4) is 0 Å². The molecule has 1 amide bonds. The molecule has 1 aromatic rings. The fourth-order valence-electron chi connectivity index (χ4n) is 1.48. The molecule has 0 aromatic heterocycles. The summed E-state index contributed by atoms with van der Waals surface area (Å²) in [5.74, 6) is 0. The topological polar surface area (TPSA) is 67.8 Å². The first-order chi connectivity index (χ1) is 9.11. The molecule has 0 fully saturated rings. The van der Waals surface area contributed by atoms with Crippen LogP contribution >= 0.6 is 23.0 Å². The molecule has 0 spiro atoms. The molecule has 2 unspecified atom stereocenters.